The molecule has 3 aromatic rings. The number of nitrogens with zero attached hydrogens (tertiary/aromatic N) is 1. The lowest BCUT2D eigenvalue weighted by Crippen LogP contribution is -2.04. The fourth-order valence-electron chi connectivity index (χ4n) is 2.32. The van der Waals surface area contributed by atoms with Crippen molar-refractivity contribution >= 4 is 6.29 Å². The summed E-state index contributed by atoms with van der Waals surface area (Å²) in [4.78, 5) is 15.1. The Morgan fingerprint density at radius 2 is 1.88 bits per heavy atom. The first kappa shape index (κ1) is 17.7. The van der Waals surface area contributed by atoms with Crippen LogP contribution in [0.25, 0.3) is 11.5 Å². The normalized spacial score (nSPS) is 11.4. The Morgan fingerprint density at radius 3 is 2.54 bits per heavy atom. The molecule has 2 aromatic carbocycles. The largest absolute Gasteiger partial charge is 0.487 e. The van der Waals surface area contributed by atoms with Gasteiger partial charge >= 0.3 is 6.18 Å². The maximum absolute atomic E-state index is 12.6. The lowest BCUT2D eigenvalue weighted by atomic mass is 10.1. The van der Waals surface area contributed by atoms with Gasteiger partial charge in [-0.1, -0.05) is 12.1 Å². The average Bonchev–Trinajstić information content (AvgIpc) is 3.00. The minimum Gasteiger partial charge on any atom is -0.487 e. The summed E-state index contributed by atoms with van der Waals surface area (Å²) in [5.74, 6) is 1.23. The number of ether oxygens (including phenoxy) is 1. The number of hydrogen-bond donors (Lipinski definition) is 0. The zero-order valence-corrected chi connectivity index (χ0v) is 13.7. The summed E-state index contributed by atoms with van der Waals surface area (Å²) in [7, 11) is 0. The molecule has 0 saturated heterocycles. The van der Waals surface area contributed by atoms with Crippen molar-refractivity contribution in [3.63, 3.8) is 0 Å². The van der Waals surface area contributed by atoms with E-state index < -0.39 is 11.7 Å². The van der Waals surface area contributed by atoms with E-state index in [1.165, 1.54) is 12.1 Å². The van der Waals surface area contributed by atoms with Crippen molar-refractivity contribution < 1.29 is 27.1 Å². The average molecular weight is 361 g/mol. The lowest BCUT2D eigenvalue weighted by Gasteiger charge is -2.06. The van der Waals surface area contributed by atoms with Crippen LogP contribution in [0.2, 0.25) is 0 Å². The Bertz CT molecular complexity index is 915. The van der Waals surface area contributed by atoms with Crippen molar-refractivity contribution in [2.45, 2.75) is 19.7 Å². The van der Waals surface area contributed by atoms with E-state index in [1.807, 2.05) is 0 Å². The molecule has 0 N–H and O–H groups in total. The van der Waals surface area contributed by atoms with Crippen molar-refractivity contribution in [1.82, 2.24) is 4.98 Å². The van der Waals surface area contributed by atoms with Gasteiger partial charge in [-0.05, 0) is 43.3 Å². The Labute approximate surface area is 147 Å². The molecule has 3 rings (SSSR count). The summed E-state index contributed by atoms with van der Waals surface area (Å²) in [6, 6.07) is 11.2. The van der Waals surface area contributed by atoms with Gasteiger partial charge in [-0.3, -0.25) is 4.79 Å². The number of hydrogen-bond acceptors (Lipinski definition) is 4. The van der Waals surface area contributed by atoms with Crippen LogP contribution in [0.5, 0.6) is 5.75 Å². The van der Waals surface area contributed by atoms with Crippen molar-refractivity contribution in [2.24, 2.45) is 0 Å². The number of carbonyl (C=O) groups is 1. The van der Waals surface area contributed by atoms with Crippen molar-refractivity contribution in [2.75, 3.05) is 0 Å². The van der Waals surface area contributed by atoms with Crippen LogP contribution in [-0.2, 0) is 12.8 Å². The number of aryl methyl sites for hydroxylation is 1. The summed E-state index contributed by atoms with van der Waals surface area (Å²) in [5.41, 5.74) is 0.722. The summed E-state index contributed by atoms with van der Waals surface area (Å²) >= 11 is 0. The van der Waals surface area contributed by atoms with E-state index in [1.54, 1.807) is 31.2 Å². The number of aromatic nitrogens is 1. The second-order valence-corrected chi connectivity index (χ2v) is 5.58. The van der Waals surface area contributed by atoms with Crippen molar-refractivity contribution in [3.8, 4) is 17.2 Å². The first-order chi connectivity index (χ1) is 12.4. The maximum atomic E-state index is 12.6. The van der Waals surface area contributed by atoms with Gasteiger partial charge in [0.2, 0.25) is 5.89 Å². The molecule has 0 aliphatic rings. The number of carbonyl (C=O) groups excluding carboxylic acids is 1. The van der Waals surface area contributed by atoms with Crippen LogP contribution in [0.1, 0.15) is 27.4 Å². The zero-order valence-electron chi connectivity index (χ0n) is 13.7. The highest BCUT2D eigenvalue weighted by molar-refractivity contribution is 5.75. The van der Waals surface area contributed by atoms with E-state index in [2.05, 4.69) is 4.98 Å². The predicted octanol–water partition coefficient (Wildman–Crippen LogP) is 5.06. The molecule has 0 fully saturated rings. The number of benzene rings is 2. The summed E-state index contributed by atoms with van der Waals surface area (Å²) in [5, 5.41) is 0. The van der Waals surface area contributed by atoms with Crippen LogP contribution >= 0.6 is 0 Å². The Balaban J connectivity index is 1.75. The molecule has 0 saturated carbocycles. The number of rotatable bonds is 5. The molecule has 4 nitrogen and oxygen atoms in total. The monoisotopic (exact) mass is 361 g/mol. The Kier molecular flexibility index (Phi) is 4.79. The molecule has 1 heterocycles. The van der Waals surface area contributed by atoms with E-state index in [9.17, 15) is 18.0 Å². The molecule has 26 heavy (non-hydrogen) atoms. The number of aldehydes is 1. The molecule has 0 radical (unpaired) electrons. The summed E-state index contributed by atoms with van der Waals surface area (Å²) in [6.07, 6.45) is -3.67. The number of alkyl halides is 3. The van der Waals surface area contributed by atoms with Crippen molar-refractivity contribution in [3.05, 3.63) is 71.1 Å². The Hall–Kier alpha value is -3.09. The van der Waals surface area contributed by atoms with Gasteiger partial charge in [0.15, 0.2) is 0 Å². The van der Waals surface area contributed by atoms with E-state index in [-0.39, 0.29) is 12.5 Å². The third-order valence-electron chi connectivity index (χ3n) is 3.72. The fourth-order valence-corrected chi connectivity index (χ4v) is 2.32. The lowest BCUT2D eigenvalue weighted by molar-refractivity contribution is -0.137. The zero-order chi connectivity index (χ0) is 18.7. The van der Waals surface area contributed by atoms with Gasteiger partial charge in [0, 0.05) is 11.1 Å². The van der Waals surface area contributed by atoms with Gasteiger partial charge in [-0.15, -0.1) is 0 Å². The second-order valence-electron chi connectivity index (χ2n) is 5.58. The molecule has 0 bridgehead atoms. The van der Waals surface area contributed by atoms with Crippen LogP contribution in [0.3, 0.4) is 0 Å². The smallest absolute Gasteiger partial charge is 0.416 e. The van der Waals surface area contributed by atoms with Crippen LogP contribution in [-0.4, -0.2) is 11.3 Å². The first-order valence-corrected chi connectivity index (χ1v) is 7.69. The maximum Gasteiger partial charge on any atom is 0.416 e. The highest BCUT2D eigenvalue weighted by Gasteiger charge is 2.30. The second kappa shape index (κ2) is 7.03. The summed E-state index contributed by atoms with van der Waals surface area (Å²) < 4.78 is 49.0. The number of oxazole rings is 1. The van der Waals surface area contributed by atoms with Gasteiger partial charge in [0.25, 0.3) is 0 Å². The minimum absolute atomic E-state index is 0.109. The molecule has 134 valence electrons. The van der Waals surface area contributed by atoms with Crippen LogP contribution in [0.4, 0.5) is 13.2 Å². The molecule has 0 spiro atoms. The number of halogens is 3. The molecular weight excluding hydrogens is 347 g/mol. The minimum atomic E-state index is -4.39. The third kappa shape index (κ3) is 3.93. The van der Waals surface area contributed by atoms with E-state index in [0.717, 1.165) is 18.4 Å². The van der Waals surface area contributed by atoms with Crippen molar-refractivity contribution in [1.29, 1.82) is 0 Å². The van der Waals surface area contributed by atoms with E-state index in [0.29, 0.717) is 28.3 Å². The molecule has 0 amide bonds. The summed E-state index contributed by atoms with van der Waals surface area (Å²) in [6.45, 7) is 1.80. The predicted molar refractivity (Wildman–Crippen MR) is 87.8 cm³/mol. The van der Waals surface area contributed by atoms with Crippen LogP contribution in [0.15, 0.2) is 52.9 Å². The van der Waals surface area contributed by atoms with Gasteiger partial charge < -0.3 is 9.15 Å². The topological polar surface area (TPSA) is 52.3 Å². The highest BCUT2D eigenvalue weighted by atomic mass is 19.4. The first-order valence-electron chi connectivity index (χ1n) is 7.69. The molecule has 0 unspecified atom stereocenters. The van der Waals surface area contributed by atoms with E-state index in [4.69, 9.17) is 9.15 Å². The van der Waals surface area contributed by atoms with Gasteiger partial charge in [0.1, 0.15) is 30.1 Å². The molecule has 0 aliphatic heterocycles. The van der Waals surface area contributed by atoms with Crippen LogP contribution in [0, 0.1) is 6.92 Å². The molecule has 0 aliphatic carbocycles. The molecule has 7 heteroatoms. The third-order valence-corrected chi connectivity index (χ3v) is 3.72. The SMILES string of the molecule is Cc1oc(-c2ccc(C(F)(F)F)cc2)nc1COc1cccc(C=O)c1. The molecule has 1 aromatic heterocycles. The molecule has 0 atom stereocenters. The van der Waals surface area contributed by atoms with Gasteiger partial charge in [0.05, 0.1) is 5.56 Å². The van der Waals surface area contributed by atoms with E-state index >= 15 is 0 Å². The standard InChI is InChI=1S/C19H14F3NO3/c1-12-17(11-25-16-4-2-3-13(9-16)10-24)23-18(26-12)14-5-7-15(8-6-14)19(20,21)22/h2-10H,11H2,1H3. The highest BCUT2D eigenvalue weighted by Crippen LogP contribution is 2.31. The van der Waals surface area contributed by atoms with Gasteiger partial charge in [-0.25, -0.2) is 4.98 Å². The Morgan fingerprint density at radius 1 is 1.15 bits per heavy atom. The quantitative estimate of drug-likeness (QED) is 0.596. The van der Waals surface area contributed by atoms with Gasteiger partial charge in [-0.2, -0.15) is 13.2 Å². The molecular formula is C19H14F3NO3. The fraction of sp³-hybridized carbons (Fsp3) is 0.158. The van der Waals surface area contributed by atoms with Crippen LogP contribution < -0.4 is 4.74 Å².